The van der Waals surface area contributed by atoms with E-state index in [1.807, 2.05) is 6.92 Å². The zero-order valence-electron chi connectivity index (χ0n) is 8.46. The van der Waals surface area contributed by atoms with Gasteiger partial charge in [-0.05, 0) is 25.5 Å². The van der Waals surface area contributed by atoms with E-state index in [0.717, 1.165) is 6.42 Å². The number of rotatable bonds is 4. The summed E-state index contributed by atoms with van der Waals surface area (Å²) in [6.07, 6.45) is 0.106. The van der Waals surface area contributed by atoms with Crippen molar-refractivity contribution in [3.05, 3.63) is 29.6 Å². The Morgan fingerprint density at radius 1 is 1.50 bits per heavy atom. The molecular formula is C11H15FO2. The van der Waals surface area contributed by atoms with Gasteiger partial charge in [-0.2, -0.15) is 0 Å². The largest absolute Gasteiger partial charge is 0.494 e. The molecule has 0 radical (unpaired) electrons. The van der Waals surface area contributed by atoms with Gasteiger partial charge in [-0.15, -0.1) is 0 Å². The van der Waals surface area contributed by atoms with E-state index in [2.05, 4.69) is 0 Å². The van der Waals surface area contributed by atoms with E-state index < -0.39 is 11.9 Å². The fraction of sp³-hybridized carbons (Fsp3) is 0.455. The standard InChI is InChI=1S/C11H15FO2/c1-3-6-14-9-4-5-10(8(2)13)11(12)7-9/h4-5,7-8,13H,3,6H2,1-2H3/t8-/m0/s1. The van der Waals surface area contributed by atoms with E-state index in [4.69, 9.17) is 4.74 Å². The molecule has 1 aromatic rings. The molecule has 1 atom stereocenters. The Labute approximate surface area is 83.3 Å². The number of halogens is 1. The lowest BCUT2D eigenvalue weighted by Gasteiger charge is -2.09. The quantitative estimate of drug-likeness (QED) is 0.806. The first-order valence-corrected chi connectivity index (χ1v) is 4.75. The monoisotopic (exact) mass is 198 g/mol. The van der Waals surface area contributed by atoms with Crippen molar-refractivity contribution in [2.45, 2.75) is 26.4 Å². The molecule has 0 heterocycles. The van der Waals surface area contributed by atoms with E-state index in [-0.39, 0.29) is 0 Å². The summed E-state index contributed by atoms with van der Waals surface area (Å²) < 4.78 is 18.5. The van der Waals surface area contributed by atoms with Crippen molar-refractivity contribution < 1.29 is 14.2 Å². The zero-order chi connectivity index (χ0) is 10.6. The van der Waals surface area contributed by atoms with Crippen LogP contribution in [-0.2, 0) is 0 Å². The minimum Gasteiger partial charge on any atom is -0.494 e. The first-order valence-electron chi connectivity index (χ1n) is 4.75. The Bertz CT molecular complexity index is 297. The Morgan fingerprint density at radius 3 is 2.71 bits per heavy atom. The summed E-state index contributed by atoms with van der Waals surface area (Å²) in [5.74, 6) is 0.0855. The van der Waals surface area contributed by atoms with Gasteiger partial charge in [0, 0.05) is 11.6 Å². The number of ether oxygens (including phenoxy) is 1. The van der Waals surface area contributed by atoms with Gasteiger partial charge >= 0.3 is 0 Å². The fourth-order valence-electron chi connectivity index (χ4n) is 1.16. The molecule has 78 valence electrons. The average molecular weight is 198 g/mol. The molecule has 0 aliphatic heterocycles. The molecule has 0 saturated heterocycles. The lowest BCUT2D eigenvalue weighted by Crippen LogP contribution is -1.99. The number of hydrogen-bond donors (Lipinski definition) is 1. The van der Waals surface area contributed by atoms with Gasteiger partial charge in [0.15, 0.2) is 0 Å². The maximum atomic E-state index is 13.3. The molecule has 0 aliphatic rings. The highest BCUT2D eigenvalue weighted by molar-refractivity contribution is 5.29. The highest BCUT2D eigenvalue weighted by Crippen LogP contribution is 2.21. The SMILES string of the molecule is CCCOc1ccc([C@H](C)O)c(F)c1. The normalized spacial score (nSPS) is 12.6. The van der Waals surface area contributed by atoms with Gasteiger partial charge < -0.3 is 9.84 Å². The van der Waals surface area contributed by atoms with Crippen LogP contribution in [0.3, 0.4) is 0 Å². The van der Waals surface area contributed by atoms with Crippen molar-refractivity contribution in [1.29, 1.82) is 0 Å². The lowest BCUT2D eigenvalue weighted by atomic mass is 10.1. The van der Waals surface area contributed by atoms with E-state index in [1.54, 1.807) is 12.1 Å². The van der Waals surface area contributed by atoms with Gasteiger partial charge in [0.25, 0.3) is 0 Å². The highest BCUT2D eigenvalue weighted by atomic mass is 19.1. The van der Waals surface area contributed by atoms with Crippen molar-refractivity contribution in [3.63, 3.8) is 0 Å². The van der Waals surface area contributed by atoms with Crippen molar-refractivity contribution in [2.75, 3.05) is 6.61 Å². The van der Waals surface area contributed by atoms with Crippen LogP contribution in [0.4, 0.5) is 4.39 Å². The number of aliphatic hydroxyl groups is 1. The van der Waals surface area contributed by atoms with Crippen LogP contribution in [0.25, 0.3) is 0 Å². The van der Waals surface area contributed by atoms with E-state index in [1.165, 1.54) is 13.0 Å². The molecule has 1 N–H and O–H groups in total. The zero-order valence-corrected chi connectivity index (χ0v) is 8.46. The molecule has 0 unspecified atom stereocenters. The van der Waals surface area contributed by atoms with Gasteiger partial charge in [-0.25, -0.2) is 4.39 Å². The predicted octanol–water partition coefficient (Wildman–Crippen LogP) is 2.67. The minimum atomic E-state index is -0.782. The maximum absolute atomic E-state index is 13.3. The second-order valence-electron chi connectivity index (χ2n) is 3.21. The summed E-state index contributed by atoms with van der Waals surface area (Å²) in [7, 11) is 0. The topological polar surface area (TPSA) is 29.5 Å². The Hall–Kier alpha value is -1.09. The number of aliphatic hydroxyl groups excluding tert-OH is 1. The maximum Gasteiger partial charge on any atom is 0.132 e. The third-order valence-corrected chi connectivity index (χ3v) is 1.89. The minimum absolute atomic E-state index is 0.300. The van der Waals surface area contributed by atoms with Gasteiger partial charge in [0.1, 0.15) is 11.6 Å². The summed E-state index contributed by atoms with van der Waals surface area (Å²) in [5, 5.41) is 9.19. The number of benzene rings is 1. The van der Waals surface area contributed by atoms with Crippen molar-refractivity contribution in [3.8, 4) is 5.75 Å². The van der Waals surface area contributed by atoms with E-state index >= 15 is 0 Å². The van der Waals surface area contributed by atoms with Gasteiger partial charge in [-0.1, -0.05) is 6.92 Å². The van der Waals surface area contributed by atoms with Gasteiger partial charge in [-0.3, -0.25) is 0 Å². The summed E-state index contributed by atoms with van der Waals surface area (Å²) in [5.41, 5.74) is 0.300. The third-order valence-electron chi connectivity index (χ3n) is 1.89. The van der Waals surface area contributed by atoms with Crippen molar-refractivity contribution in [2.24, 2.45) is 0 Å². The molecule has 0 fully saturated rings. The number of hydrogen-bond acceptors (Lipinski definition) is 2. The van der Waals surface area contributed by atoms with Gasteiger partial charge in [0.05, 0.1) is 12.7 Å². The van der Waals surface area contributed by atoms with Crippen LogP contribution in [0.15, 0.2) is 18.2 Å². The summed E-state index contributed by atoms with van der Waals surface area (Å²) >= 11 is 0. The smallest absolute Gasteiger partial charge is 0.132 e. The van der Waals surface area contributed by atoms with Crippen LogP contribution in [0.1, 0.15) is 31.9 Å². The summed E-state index contributed by atoms with van der Waals surface area (Å²) in [4.78, 5) is 0. The van der Waals surface area contributed by atoms with E-state index in [9.17, 15) is 9.50 Å². The van der Waals surface area contributed by atoms with Crippen molar-refractivity contribution >= 4 is 0 Å². The Morgan fingerprint density at radius 2 is 2.21 bits per heavy atom. The molecule has 0 amide bonds. The summed E-state index contributed by atoms with van der Waals surface area (Å²) in [6, 6.07) is 4.52. The molecule has 2 nitrogen and oxygen atoms in total. The van der Waals surface area contributed by atoms with Crippen LogP contribution >= 0.6 is 0 Å². The molecule has 1 rings (SSSR count). The molecule has 14 heavy (non-hydrogen) atoms. The first kappa shape index (κ1) is 11.0. The predicted molar refractivity (Wildman–Crippen MR) is 52.8 cm³/mol. The van der Waals surface area contributed by atoms with Crippen LogP contribution in [-0.4, -0.2) is 11.7 Å². The summed E-state index contributed by atoms with van der Waals surface area (Å²) in [6.45, 7) is 4.10. The van der Waals surface area contributed by atoms with Gasteiger partial charge in [0.2, 0.25) is 0 Å². The van der Waals surface area contributed by atoms with Crippen LogP contribution in [0, 0.1) is 5.82 Å². The second kappa shape index (κ2) is 4.96. The Balaban J connectivity index is 2.78. The molecular weight excluding hydrogens is 183 g/mol. The molecule has 3 heteroatoms. The fourth-order valence-corrected chi connectivity index (χ4v) is 1.16. The average Bonchev–Trinajstić information content (AvgIpc) is 2.14. The molecule has 0 bridgehead atoms. The third kappa shape index (κ3) is 2.70. The second-order valence-corrected chi connectivity index (χ2v) is 3.21. The van der Waals surface area contributed by atoms with Crippen LogP contribution < -0.4 is 4.74 Å². The molecule has 0 saturated carbocycles. The highest BCUT2D eigenvalue weighted by Gasteiger charge is 2.08. The van der Waals surface area contributed by atoms with E-state index in [0.29, 0.717) is 17.9 Å². The molecule has 0 aromatic heterocycles. The van der Waals surface area contributed by atoms with Crippen LogP contribution in [0.5, 0.6) is 5.75 Å². The molecule has 0 spiro atoms. The first-order chi connectivity index (χ1) is 6.65. The molecule has 1 aromatic carbocycles. The Kier molecular flexibility index (Phi) is 3.89. The molecule has 0 aliphatic carbocycles. The van der Waals surface area contributed by atoms with Crippen LogP contribution in [0.2, 0.25) is 0 Å². The lowest BCUT2D eigenvalue weighted by molar-refractivity contribution is 0.194. The van der Waals surface area contributed by atoms with Crippen molar-refractivity contribution in [1.82, 2.24) is 0 Å².